The van der Waals surface area contributed by atoms with Crippen LogP contribution in [0, 0.1) is 0 Å². The third-order valence-corrected chi connectivity index (χ3v) is 11.4. The molecule has 0 saturated carbocycles. The topological polar surface area (TPSA) is 13.0 Å². The molecular formula is C57H44N4. The van der Waals surface area contributed by atoms with E-state index in [-0.39, 0.29) is 0 Å². The lowest BCUT2D eigenvalue weighted by Crippen LogP contribution is -2.13. The second-order valence-electron chi connectivity index (χ2n) is 15.2. The van der Waals surface area contributed by atoms with Gasteiger partial charge in [-0.1, -0.05) is 115 Å². The van der Waals surface area contributed by atoms with Gasteiger partial charge in [-0.15, -0.1) is 0 Å². The molecule has 0 heterocycles. The summed E-state index contributed by atoms with van der Waals surface area (Å²) in [7, 11) is 2.11. The first-order valence-corrected chi connectivity index (χ1v) is 20.7. The first-order valence-electron chi connectivity index (χ1n) is 20.7. The first kappa shape index (κ1) is 37.2. The van der Waals surface area contributed by atoms with Crippen LogP contribution >= 0.6 is 0 Å². The van der Waals surface area contributed by atoms with Crippen molar-refractivity contribution in [2.45, 2.75) is 0 Å². The van der Waals surface area contributed by atoms with Gasteiger partial charge in [-0.25, -0.2) is 0 Å². The minimum absolute atomic E-state index is 1.06. The zero-order chi connectivity index (χ0) is 41.0. The fourth-order valence-electron chi connectivity index (χ4n) is 8.25. The molecule has 61 heavy (non-hydrogen) atoms. The summed E-state index contributed by atoms with van der Waals surface area (Å²) in [5.74, 6) is 0. The van der Waals surface area contributed by atoms with Gasteiger partial charge >= 0.3 is 0 Å². The Balaban J connectivity index is 1.05. The third kappa shape index (κ3) is 7.67. The molecule has 0 bridgehead atoms. The zero-order valence-corrected chi connectivity index (χ0v) is 34.0. The predicted octanol–water partition coefficient (Wildman–Crippen LogP) is 16.2. The van der Waals surface area contributed by atoms with E-state index in [0.717, 1.165) is 62.6 Å². The van der Waals surface area contributed by atoms with Crippen molar-refractivity contribution in [3.63, 3.8) is 0 Å². The van der Waals surface area contributed by atoms with E-state index in [0.29, 0.717) is 0 Å². The number of fused-ring (bicyclic) bond motifs is 2. The number of hydrogen-bond donors (Lipinski definition) is 0. The van der Waals surface area contributed by atoms with E-state index in [1.807, 2.05) is 0 Å². The van der Waals surface area contributed by atoms with Crippen LogP contribution in [0.3, 0.4) is 0 Å². The van der Waals surface area contributed by atoms with Crippen molar-refractivity contribution in [3.8, 4) is 0 Å². The van der Waals surface area contributed by atoms with Gasteiger partial charge in [0.25, 0.3) is 0 Å². The van der Waals surface area contributed by atoms with Crippen molar-refractivity contribution in [3.05, 3.63) is 249 Å². The van der Waals surface area contributed by atoms with Crippen LogP contribution in [0.15, 0.2) is 249 Å². The fourth-order valence-corrected chi connectivity index (χ4v) is 8.25. The summed E-state index contributed by atoms with van der Waals surface area (Å²) in [6, 6.07) is 88.8. The van der Waals surface area contributed by atoms with Crippen LogP contribution in [-0.4, -0.2) is 7.05 Å². The van der Waals surface area contributed by atoms with E-state index in [1.54, 1.807) is 0 Å². The normalized spacial score (nSPS) is 11.0. The Labute approximate surface area is 358 Å². The highest BCUT2D eigenvalue weighted by molar-refractivity contribution is 5.91. The predicted molar refractivity (Wildman–Crippen MR) is 260 cm³/mol. The molecule has 0 N–H and O–H groups in total. The third-order valence-electron chi connectivity index (χ3n) is 11.4. The quantitative estimate of drug-likeness (QED) is 0.129. The van der Waals surface area contributed by atoms with Crippen LogP contribution in [0.25, 0.3) is 21.5 Å². The lowest BCUT2D eigenvalue weighted by molar-refractivity contribution is 1.20. The van der Waals surface area contributed by atoms with Gasteiger partial charge < -0.3 is 19.6 Å². The highest BCUT2D eigenvalue weighted by Crippen LogP contribution is 2.42. The minimum Gasteiger partial charge on any atom is -0.345 e. The van der Waals surface area contributed by atoms with Gasteiger partial charge in [-0.3, -0.25) is 0 Å². The molecule has 0 aliphatic heterocycles. The molecule has 0 amide bonds. The van der Waals surface area contributed by atoms with E-state index in [2.05, 4.69) is 275 Å². The Kier molecular flexibility index (Phi) is 10.2. The van der Waals surface area contributed by atoms with E-state index >= 15 is 0 Å². The molecule has 0 spiro atoms. The summed E-state index contributed by atoms with van der Waals surface area (Å²) in [5, 5.41) is 4.86. The Morgan fingerprint density at radius 3 is 0.787 bits per heavy atom. The van der Waals surface area contributed by atoms with Gasteiger partial charge in [0.1, 0.15) is 0 Å². The summed E-state index contributed by atoms with van der Waals surface area (Å²) < 4.78 is 0. The van der Waals surface area contributed by atoms with E-state index in [1.165, 1.54) is 21.5 Å². The molecule has 292 valence electrons. The van der Waals surface area contributed by atoms with Crippen molar-refractivity contribution in [1.82, 2.24) is 0 Å². The van der Waals surface area contributed by atoms with Gasteiger partial charge in [0.15, 0.2) is 0 Å². The molecule has 10 aromatic rings. The number of hydrogen-bond acceptors (Lipinski definition) is 4. The zero-order valence-electron chi connectivity index (χ0n) is 34.0. The second kappa shape index (κ2) is 16.6. The molecule has 0 saturated heterocycles. The molecule has 0 radical (unpaired) electrons. The smallest absolute Gasteiger partial charge is 0.0468 e. The van der Waals surface area contributed by atoms with Crippen molar-refractivity contribution in [2.24, 2.45) is 0 Å². The fraction of sp³-hybridized carbons (Fsp3) is 0.0175. The molecule has 0 atom stereocenters. The van der Waals surface area contributed by atoms with Gasteiger partial charge in [-0.2, -0.15) is 0 Å². The van der Waals surface area contributed by atoms with Gasteiger partial charge in [-0.05, 0) is 155 Å². The summed E-state index contributed by atoms with van der Waals surface area (Å²) in [4.78, 5) is 9.21. The number of anilines is 11. The van der Waals surface area contributed by atoms with Crippen LogP contribution < -0.4 is 19.6 Å². The van der Waals surface area contributed by atoms with E-state index in [9.17, 15) is 0 Å². The molecule has 4 nitrogen and oxygen atoms in total. The number of nitrogens with zero attached hydrogens (tertiary/aromatic N) is 4. The molecule has 0 aliphatic carbocycles. The molecule has 0 fully saturated rings. The maximum atomic E-state index is 2.34. The second-order valence-corrected chi connectivity index (χ2v) is 15.2. The van der Waals surface area contributed by atoms with E-state index in [4.69, 9.17) is 0 Å². The van der Waals surface area contributed by atoms with Crippen molar-refractivity contribution in [1.29, 1.82) is 0 Å². The largest absolute Gasteiger partial charge is 0.345 e. The average molecular weight is 785 g/mol. The van der Waals surface area contributed by atoms with Crippen LogP contribution in [0.5, 0.6) is 0 Å². The highest BCUT2D eigenvalue weighted by atomic mass is 15.2. The molecular weight excluding hydrogens is 741 g/mol. The summed E-state index contributed by atoms with van der Waals surface area (Å²) in [6.07, 6.45) is 0. The van der Waals surface area contributed by atoms with Crippen molar-refractivity contribution < 1.29 is 0 Å². The Hall–Kier alpha value is -8.08. The first-order chi connectivity index (χ1) is 30.2. The van der Waals surface area contributed by atoms with Gasteiger partial charge in [0.2, 0.25) is 0 Å². The minimum atomic E-state index is 1.06. The van der Waals surface area contributed by atoms with Crippen molar-refractivity contribution in [2.75, 3.05) is 26.6 Å². The van der Waals surface area contributed by atoms with Gasteiger partial charge in [0, 0.05) is 69.6 Å². The standard InChI is InChI=1S/C57H44N4/c1-58(47-19-5-2-6-20-47)48-29-31-51(32-30-48)59(52-33-37-54(38-34-52)60(49-21-7-3-8-22-49)56-27-25-43-15-11-13-17-45(43)41-56)53-35-39-55(40-36-53)61(50-23-9-4-10-24-50)57-28-26-44-16-12-14-18-46(44)42-57/h2-42H,1H3. The highest BCUT2D eigenvalue weighted by Gasteiger charge is 2.19. The molecule has 0 aromatic heterocycles. The molecule has 0 unspecified atom stereocenters. The average Bonchev–Trinajstić information content (AvgIpc) is 3.34. The monoisotopic (exact) mass is 784 g/mol. The summed E-state index contributed by atoms with van der Waals surface area (Å²) in [5.41, 5.74) is 12.0. The number of para-hydroxylation sites is 3. The Morgan fingerprint density at radius 2 is 0.426 bits per heavy atom. The van der Waals surface area contributed by atoms with Crippen LogP contribution in [0.4, 0.5) is 62.6 Å². The van der Waals surface area contributed by atoms with Crippen LogP contribution in [0.1, 0.15) is 0 Å². The molecule has 10 aromatic carbocycles. The van der Waals surface area contributed by atoms with Gasteiger partial charge in [0.05, 0.1) is 0 Å². The number of benzene rings is 10. The molecule has 0 aliphatic rings. The SMILES string of the molecule is CN(c1ccccc1)c1ccc(N(c2ccc(N(c3ccccc3)c3ccc4ccccc4c3)cc2)c2ccc(N(c3ccccc3)c3ccc4ccccc4c3)cc2)cc1. The number of rotatable bonds is 11. The lowest BCUT2D eigenvalue weighted by atomic mass is 10.1. The maximum Gasteiger partial charge on any atom is 0.0468 e. The van der Waals surface area contributed by atoms with Crippen molar-refractivity contribution >= 4 is 84.1 Å². The van der Waals surface area contributed by atoms with Crippen LogP contribution in [-0.2, 0) is 0 Å². The Morgan fingerprint density at radius 1 is 0.197 bits per heavy atom. The lowest BCUT2D eigenvalue weighted by Gasteiger charge is -2.30. The molecule has 10 rings (SSSR count). The van der Waals surface area contributed by atoms with E-state index < -0.39 is 0 Å². The Bertz CT molecular complexity index is 2860. The maximum absolute atomic E-state index is 2.34. The molecule has 4 heteroatoms. The summed E-state index contributed by atoms with van der Waals surface area (Å²) >= 11 is 0. The van der Waals surface area contributed by atoms with Crippen LogP contribution in [0.2, 0.25) is 0 Å². The summed E-state index contributed by atoms with van der Waals surface area (Å²) in [6.45, 7) is 0.